The van der Waals surface area contributed by atoms with Crippen molar-refractivity contribution in [1.82, 2.24) is 20.3 Å². The summed E-state index contributed by atoms with van der Waals surface area (Å²) >= 11 is 0. The summed E-state index contributed by atoms with van der Waals surface area (Å²) in [6, 6.07) is 1.92. The number of rotatable bonds is 11. The van der Waals surface area contributed by atoms with E-state index in [2.05, 4.69) is 25.3 Å². The molecule has 2 rings (SSSR count). The Bertz CT molecular complexity index is 568. The van der Waals surface area contributed by atoms with Gasteiger partial charge in [0.25, 0.3) is 0 Å². The molecule has 2 heterocycles. The Balaban J connectivity index is 1.51. The lowest BCUT2D eigenvalue weighted by Gasteiger charge is -2.36. The third-order valence-corrected chi connectivity index (χ3v) is 4.91. The number of aromatic nitrogens is 1. The maximum absolute atomic E-state index is 11.3. The van der Waals surface area contributed by atoms with Crippen LogP contribution in [-0.4, -0.2) is 73.3 Å². The number of carbonyl (C=O) groups is 1. The summed E-state index contributed by atoms with van der Waals surface area (Å²) in [4.78, 5) is 20.4. The van der Waals surface area contributed by atoms with Gasteiger partial charge in [-0.25, -0.2) is 0 Å². The SMILES string of the molecule is CCOC(=O)CCCCCCCNC(=NC)N1CCN(Cc2ccon2)CC1. The van der Waals surface area contributed by atoms with Gasteiger partial charge in [0.15, 0.2) is 5.96 Å². The molecular weight excluding hydrogens is 358 g/mol. The van der Waals surface area contributed by atoms with Crippen molar-refractivity contribution in [2.75, 3.05) is 46.4 Å². The lowest BCUT2D eigenvalue weighted by molar-refractivity contribution is -0.143. The van der Waals surface area contributed by atoms with Crippen molar-refractivity contribution in [2.45, 2.75) is 52.0 Å². The molecule has 1 aliphatic rings. The summed E-state index contributed by atoms with van der Waals surface area (Å²) in [5.74, 6) is 0.914. The molecule has 0 aliphatic carbocycles. The zero-order valence-corrected chi connectivity index (χ0v) is 17.4. The fraction of sp³-hybridized carbons (Fsp3) is 0.750. The van der Waals surface area contributed by atoms with Crippen LogP contribution in [0.4, 0.5) is 0 Å². The lowest BCUT2D eigenvalue weighted by Crippen LogP contribution is -2.52. The number of carbonyl (C=O) groups excluding carboxylic acids is 1. The molecule has 1 N–H and O–H groups in total. The molecule has 1 aromatic rings. The minimum atomic E-state index is -0.0749. The lowest BCUT2D eigenvalue weighted by atomic mass is 10.1. The van der Waals surface area contributed by atoms with E-state index in [-0.39, 0.29) is 5.97 Å². The Morgan fingerprint density at radius 3 is 2.64 bits per heavy atom. The molecule has 8 heteroatoms. The van der Waals surface area contributed by atoms with E-state index in [0.29, 0.717) is 13.0 Å². The van der Waals surface area contributed by atoms with E-state index >= 15 is 0 Å². The minimum absolute atomic E-state index is 0.0749. The monoisotopic (exact) mass is 393 g/mol. The number of ether oxygens (including phenoxy) is 1. The molecule has 0 atom stereocenters. The first-order chi connectivity index (χ1) is 13.7. The molecule has 0 saturated carbocycles. The van der Waals surface area contributed by atoms with Gasteiger partial charge in [-0.1, -0.05) is 24.4 Å². The van der Waals surface area contributed by atoms with E-state index in [1.807, 2.05) is 20.0 Å². The number of nitrogens with zero attached hydrogens (tertiary/aromatic N) is 4. The summed E-state index contributed by atoms with van der Waals surface area (Å²) in [5.41, 5.74) is 0.984. The average molecular weight is 394 g/mol. The Hall–Kier alpha value is -2.09. The molecule has 1 saturated heterocycles. The second kappa shape index (κ2) is 13.1. The molecule has 1 aromatic heterocycles. The third-order valence-electron chi connectivity index (χ3n) is 4.91. The number of piperazine rings is 1. The van der Waals surface area contributed by atoms with Crippen LogP contribution in [0.25, 0.3) is 0 Å². The smallest absolute Gasteiger partial charge is 0.305 e. The fourth-order valence-corrected chi connectivity index (χ4v) is 3.36. The van der Waals surface area contributed by atoms with Crippen LogP contribution in [0.3, 0.4) is 0 Å². The fourth-order valence-electron chi connectivity index (χ4n) is 3.36. The third kappa shape index (κ3) is 8.29. The summed E-state index contributed by atoms with van der Waals surface area (Å²) in [5, 5.41) is 7.47. The number of aliphatic imine (C=N–C) groups is 1. The number of guanidine groups is 1. The van der Waals surface area contributed by atoms with Gasteiger partial charge in [0.2, 0.25) is 0 Å². The Morgan fingerprint density at radius 2 is 1.96 bits per heavy atom. The second-order valence-electron chi connectivity index (χ2n) is 7.05. The van der Waals surface area contributed by atoms with Crippen molar-refractivity contribution < 1.29 is 14.1 Å². The Labute approximate surface area is 168 Å². The number of hydrogen-bond acceptors (Lipinski definition) is 6. The highest BCUT2D eigenvalue weighted by molar-refractivity contribution is 5.79. The normalized spacial score (nSPS) is 15.6. The predicted molar refractivity (Wildman–Crippen MR) is 109 cm³/mol. The van der Waals surface area contributed by atoms with Crippen molar-refractivity contribution in [1.29, 1.82) is 0 Å². The van der Waals surface area contributed by atoms with Gasteiger partial charge in [0, 0.05) is 58.8 Å². The maximum Gasteiger partial charge on any atom is 0.305 e. The maximum atomic E-state index is 11.3. The van der Waals surface area contributed by atoms with E-state index in [9.17, 15) is 4.79 Å². The quantitative estimate of drug-likeness (QED) is 0.267. The number of esters is 1. The van der Waals surface area contributed by atoms with Crippen molar-refractivity contribution in [2.24, 2.45) is 4.99 Å². The van der Waals surface area contributed by atoms with E-state index in [1.54, 1.807) is 6.26 Å². The van der Waals surface area contributed by atoms with Crippen molar-refractivity contribution >= 4 is 11.9 Å². The van der Waals surface area contributed by atoms with Gasteiger partial charge >= 0.3 is 5.97 Å². The van der Waals surface area contributed by atoms with Crippen LogP contribution in [-0.2, 0) is 16.1 Å². The molecule has 8 nitrogen and oxygen atoms in total. The van der Waals surface area contributed by atoms with Crippen LogP contribution >= 0.6 is 0 Å². The summed E-state index contributed by atoms with van der Waals surface area (Å²) in [6.45, 7) is 8.01. The van der Waals surface area contributed by atoms with Gasteiger partial charge in [-0.15, -0.1) is 0 Å². The number of hydrogen-bond donors (Lipinski definition) is 1. The average Bonchev–Trinajstić information content (AvgIpc) is 3.21. The van der Waals surface area contributed by atoms with Gasteiger partial charge in [-0.05, 0) is 19.8 Å². The largest absolute Gasteiger partial charge is 0.466 e. The van der Waals surface area contributed by atoms with Crippen molar-refractivity contribution in [3.8, 4) is 0 Å². The molecule has 158 valence electrons. The zero-order valence-electron chi connectivity index (χ0n) is 17.4. The highest BCUT2D eigenvalue weighted by atomic mass is 16.5. The molecule has 0 aromatic carbocycles. The molecule has 28 heavy (non-hydrogen) atoms. The van der Waals surface area contributed by atoms with Gasteiger partial charge in [0.05, 0.1) is 12.3 Å². The van der Waals surface area contributed by atoms with Crippen LogP contribution in [0, 0.1) is 0 Å². The van der Waals surface area contributed by atoms with E-state index in [1.165, 1.54) is 0 Å². The molecule has 0 unspecified atom stereocenters. The molecule has 0 radical (unpaired) electrons. The molecule has 0 spiro atoms. The summed E-state index contributed by atoms with van der Waals surface area (Å²) in [6.07, 6.45) is 7.61. The van der Waals surface area contributed by atoms with Crippen LogP contribution in [0.5, 0.6) is 0 Å². The van der Waals surface area contributed by atoms with Crippen LogP contribution in [0.15, 0.2) is 21.8 Å². The zero-order chi connectivity index (χ0) is 20.0. The van der Waals surface area contributed by atoms with Crippen molar-refractivity contribution in [3.63, 3.8) is 0 Å². The van der Waals surface area contributed by atoms with Crippen LogP contribution in [0.2, 0.25) is 0 Å². The number of unbranched alkanes of at least 4 members (excludes halogenated alkanes) is 4. The minimum Gasteiger partial charge on any atom is -0.466 e. The first-order valence-electron chi connectivity index (χ1n) is 10.5. The van der Waals surface area contributed by atoms with Gasteiger partial charge in [-0.3, -0.25) is 14.7 Å². The molecule has 1 fully saturated rings. The highest BCUT2D eigenvalue weighted by Crippen LogP contribution is 2.08. The summed E-state index contributed by atoms with van der Waals surface area (Å²) < 4.78 is 9.84. The standard InChI is InChI=1S/C20H35N5O3/c1-3-27-19(26)9-7-5-4-6-8-11-22-20(21-2)25-14-12-24(13-15-25)17-18-10-16-28-23-18/h10,16H,3-9,11-15,17H2,1-2H3,(H,21,22). The Kier molecular flexibility index (Phi) is 10.4. The van der Waals surface area contributed by atoms with Gasteiger partial charge in [0.1, 0.15) is 6.26 Å². The van der Waals surface area contributed by atoms with Gasteiger partial charge < -0.3 is 19.5 Å². The molecule has 0 bridgehead atoms. The van der Waals surface area contributed by atoms with Crippen molar-refractivity contribution in [3.05, 3.63) is 18.0 Å². The molecular formula is C20H35N5O3. The van der Waals surface area contributed by atoms with E-state index in [4.69, 9.17) is 9.26 Å². The van der Waals surface area contributed by atoms with Gasteiger partial charge in [-0.2, -0.15) is 0 Å². The van der Waals surface area contributed by atoms with Crippen LogP contribution in [0.1, 0.15) is 51.1 Å². The Morgan fingerprint density at radius 1 is 1.21 bits per heavy atom. The summed E-state index contributed by atoms with van der Waals surface area (Å²) in [7, 11) is 1.85. The first kappa shape index (κ1) is 22.2. The second-order valence-corrected chi connectivity index (χ2v) is 7.05. The molecule has 0 amide bonds. The van der Waals surface area contributed by atoms with E-state index in [0.717, 1.165) is 83.0 Å². The highest BCUT2D eigenvalue weighted by Gasteiger charge is 2.20. The van der Waals surface area contributed by atoms with Crippen LogP contribution < -0.4 is 5.32 Å². The predicted octanol–water partition coefficient (Wildman–Crippen LogP) is 2.27. The van der Waals surface area contributed by atoms with E-state index < -0.39 is 0 Å². The topological polar surface area (TPSA) is 83.2 Å². The number of nitrogens with one attached hydrogen (secondary N) is 1. The molecule has 1 aliphatic heterocycles. The first-order valence-corrected chi connectivity index (χ1v) is 10.5.